The van der Waals surface area contributed by atoms with Crippen molar-refractivity contribution in [3.05, 3.63) is 75.0 Å². The number of thiazole rings is 1. The van der Waals surface area contributed by atoms with Gasteiger partial charge in [-0.15, -0.1) is 6.58 Å². The van der Waals surface area contributed by atoms with Crippen LogP contribution in [0.3, 0.4) is 0 Å². The van der Waals surface area contributed by atoms with Gasteiger partial charge in [0.05, 0.1) is 20.8 Å². The van der Waals surface area contributed by atoms with Gasteiger partial charge in [0.2, 0.25) is 0 Å². The van der Waals surface area contributed by atoms with Crippen LogP contribution in [-0.2, 0) is 12.7 Å². The molecular weight excluding hydrogens is 420 g/mol. The molecule has 0 saturated heterocycles. The van der Waals surface area contributed by atoms with E-state index in [-0.39, 0.29) is 10.4 Å². The van der Waals surface area contributed by atoms with Crippen molar-refractivity contribution in [1.82, 2.24) is 4.57 Å². The molecule has 0 radical (unpaired) electrons. The standard InChI is InChI=1S/C18H11Cl2F3N2OS/c1-2-6-25-15-13(20)8-12(19)9-14(15)27-17(25)24-16(26)10-4-3-5-11(7-10)18(21,22)23/h2-5,7-9H,1,6H2. The normalized spacial score (nSPS) is 12.6. The van der Waals surface area contributed by atoms with Crippen LogP contribution in [0.5, 0.6) is 0 Å². The van der Waals surface area contributed by atoms with Gasteiger partial charge in [-0.25, -0.2) is 0 Å². The fourth-order valence-corrected chi connectivity index (χ4v) is 4.31. The van der Waals surface area contributed by atoms with Crippen molar-refractivity contribution in [2.45, 2.75) is 12.7 Å². The molecule has 0 fully saturated rings. The van der Waals surface area contributed by atoms with Gasteiger partial charge in [0.15, 0.2) is 4.80 Å². The average Bonchev–Trinajstić information content (AvgIpc) is 2.92. The third-order valence-corrected chi connectivity index (χ3v) is 5.17. The van der Waals surface area contributed by atoms with Crippen LogP contribution in [0.25, 0.3) is 10.2 Å². The Balaban J connectivity index is 2.15. The number of halogens is 5. The average molecular weight is 431 g/mol. The maximum Gasteiger partial charge on any atom is 0.416 e. The molecule has 0 atom stereocenters. The van der Waals surface area contributed by atoms with Gasteiger partial charge in [0, 0.05) is 17.1 Å². The van der Waals surface area contributed by atoms with Crippen LogP contribution in [-0.4, -0.2) is 10.5 Å². The van der Waals surface area contributed by atoms with E-state index in [0.29, 0.717) is 26.8 Å². The lowest BCUT2D eigenvalue weighted by Crippen LogP contribution is -2.16. The highest BCUT2D eigenvalue weighted by atomic mass is 35.5. The maximum absolute atomic E-state index is 12.9. The van der Waals surface area contributed by atoms with Gasteiger partial charge < -0.3 is 4.57 Å². The third-order valence-electron chi connectivity index (χ3n) is 3.64. The van der Waals surface area contributed by atoms with E-state index in [0.717, 1.165) is 23.5 Å². The highest BCUT2D eigenvalue weighted by molar-refractivity contribution is 7.16. The van der Waals surface area contributed by atoms with Crippen LogP contribution in [0.15, 0.2) is 54.0 Å². The molecule has 1 amide bonds. The summed E-state index contributed by atoms with van der Waals surface area (Å²) in [5.74, 6) is -0.785. The molecule has 0 N–H and O–H groups in total. The largest absolute Gasteiger partial charge is 0.416 e. The van der Waals surface area contributed by atoms with E-state index in [9.17, 15) is 18.0 Å². The zero-order chi connectivity index (χ0) is 19.8. The topological polar surface area (TPSA) is 34.4 Å². The Kier molecular flexibility index (Phi) is 5.46. The molecule has 0 saturated carbocycles. The highest BCUT2D eigenvalue weighted by Crippen LogP contribution is 2.31. The second-order valence-corrected chi connectivity index (χ2v) is 7.37. The van der Waals surface area contributed by atoms with E-state index >= 15 is 0 Å². The molecule has 0 spiro atoms. The first-order valence-corrected chi connectivity index (χ1v) is 9.13. The number of allylic oxidation sites excluding steroid dienone is 1. The summed E-state index contributed by atoms with van der Waals surface area (Å²) in [7, 11) is 0. The second-order valence-electron chi connectivity index (χ2n) is 5.51. The summed E-state index contributed by atoms with van der Waals surface area (Å²) < 4.78 is 40.9. The van der Waals surface area contributed by atoms with E-state index in [1.807, 2.05) is 0 Å². The zero-order valence-corrected chi connectivity index (χ0v) is 15.9. The molecule has 0 aliphatic carbocycles. The Bertz CT molecular complexity index is 1120. The van der Waals surface area contributed by atoms with Crippen LogP contribution < -0.4 is 4.80 Å². The number of hydrogen-bond acceptors (Lipinski definition) is 2. The fraction of sp³-hybridized carbons (Fsp3) is 0.111. The SMILES string of the molecule is C=CCn1c(=NC(=O)c2cccc(C(F)(F)F)c2)sc2cc(Cl)cc(Cl)c21. The summed E-state index contributed by atoms with van der Waals surface area (Å²) in [4.78, 5) is 16.7. The Morgan fingerprint density at radius 3 is 2.67 bits per heavy atom. The number of carbonyl (C=O) groups excluding carboxylic acids is 1. The molecule has 140 valence electrons. The van der Waals surface area contributed by atoms with E-state index < -0.39 is 17.6 Å². The number of alkyl halides is 3. The molecule has 3 nitrogen and oxygen atoms in total. The number of hydrogen-bond donors (Lipinski definition) is 0. The molecule has 1 heterocycles. The van der Waals surface area contributed by atoms with Crippen molar-refractivity contribution in [2.75, 3.05) is 0 Å². The quantitative estimate of drug-likeness (QED) is 0.472. The summed E-state index contributed by atoms with van der Waals surface area (Å²) in [6.45, 7) is 3.99. The van der Waals surface area contributed by atoms with Crippen LogP contribution >= 0.6 is 34.5 Å². The number of carbonyl (C=O) groups is 1. The van der Waals surface area contributed by atoms with Gasteiger partial charge in [-0.05, 0) is 30.3 Å². The van der Waals surface area contributed by atoms with Crippen molar-refractivity contribution in [1.29, 1.82) is 0 Å². The van der Waals surface area contributed by atoms with Gasteiger partial charge >= 0.3 is 6.18 Å². The first-order chi connectivity index (χ1) is 12.7. The molecular formula is C18H11Cl2F3N2OS. The summed E-state index contributed by atoms with van der Waals surface area (Å²) >= 11 is 13.4. The van der Waals surface area contributed by atoms with Gasteiger partial charge in [-0.3, -0.25) is 4.79 Å². The minimum absolute atomic E-state index is 0.156. The van der Waals surface area contributed by atoms with E-state index in [2.05, 4.69) is 11.6 Å². The van der Waals surface area contributed by atoms with Crippen molar-refractivity contribution in [3.63, 3.8) is 0 Å². The van der Waals surface area contributed by atoms with E-state index in [1.54, 1.807) is 22.8 Å². The van der Waals surface area contributed by atoms with Crippen LogP contribution in [0.1, 0.15) is 15.9 Å². The van der Waals surface area contributed by atoms with Crippen LogP contribution in [0, 0.1) is 0 Å². The smallest absolute Gasteiger partial charge is 0.311 e. The lowest BCUT2D eigenvalue weighted by Gasteiger charge is -2.07. The minimum Gasteiger partial charge on any atom is -0.311 e. The van der Waals surface area contributed by atoms with Crippen LogP contribution in [0.2, 0.25) is 10.0 Å². The number of fused-ring (bicyclic) bond motifs is 1. The third kappa shape index (κ3) is 4.10. The minimum atomic E-state index is -4.54. The van der Waals surface area contributed by atoms with Crippen molar-refractivity contribution >= 4 is 50.7 Å². The fourth-order valence-electron chi connectivity index (χ4n) is 2.49. The number of aromatic nitrogens is 1. The van der Waals surface area contributed by atoms with Crippen molar-refractivity contribution in [3.8, 4) is 0 Å². The molecule has 3 aromatic rings. The lowest BCUT2D eigenvalue weighted by atomic mass is 10.1. The Hall–Kier alpha value is -2.09. The number of amides is 1. The second kappa shape index (κ2) is 7.50. The molecule has 0 aliphatic heterocycles. The van der Waals surface area contributed by atoms with E-state index in [4.69, 9.17) is 23.2 Å². The zero-order valence-electron chi connectivity index (χ0n) is 13.6. The molecule has 2 aromatic carbocycles. The molecule has 3 rings (SSSR count). The number of nitrogens with zero attached hydrogens (tertiary/aromatic N) is 2. The Morgan fingerprint density at radius 2 is 2.00 bits per heavy atom. The van der Waals surface area contributed by atoms with Gasteiger partial charge in [0.25, 0.3) is 5.91 Å². The summed E-state index contributed by atoms with van der Waals surface area (Å²) in [6, 6.07) is 7.38. The molecule has 27 heavy (non-hydrogen) atoms. The Morgan fingerprint density at radius 1 is 1.26 bits per heavy atom. The van der Waals surface area contributed by atoms with Crippen molar-refractivity contribution in [2.24, 2.45) is 4.99 Å². The number of benzene rings is 2. The van der Waals surface area contributed by atoms with Crippen molar-refractivity contribution < 1.29 is 18.0 Å². The molecule has 0 unspecified atom stereocenters. The molecule has 1 aromatic heterocycles. The Labute approximate surface area is 166 Å². The molecule has 9 heteroatoms. The van der Waals surface area contributed by atoms with E-state index in [1.165, 1.54) is 12.1 Å². The molecule has 0 bridgehead atoms. The van der Waals surface area contributed by atoms with Gasteiger partial charge in [-0.1, -0.05) is 46.7 Å². The predicted molar refractivity (Wildman–Crippen MR) is 101 cm³/mol. The maximum atomic E-state index is 12.9. The van der Waals surface area contributed by atoms with Gasteiger partial charge in [0.1, 0.15) is 0 Å². The predicted octanol–water partition coefficient (Wildman–Crippen LogP) is 5.96. The lowest BCUT2D eigenvalue weighted by molar-refractivity contribution is -0.137. The van der Waals surface area contributed by atoms with Gasteiger partial charge in [-0.2, -0.15) is 18.2 Å². The monoisotopic (exact) mass is 430 g/mol. The molecule has 0 aliphatic rings. The summed E-state index contributed by atoms with van der Waals surface area (Å²) in [5, 5.41) is 0.804. The summed E-state index contributed by atoms with van der Waals surface area (Å²) in [6.07, 6.45) is -2.94. The summed E-state index contributed by atoms with van der Waals surface area (Å²) in [5.41, 5.74) is -0.438. The number of rotatable bonds is 3. The first-order valence-electron chi connectivity index (χ1n) is 7.56. The van der Waals surface area contributed by atoms with Crippen LogP contribution in [0.4, 0.5) is 13.2 Å². The first kappa shape index (κ1) is 19.7. The highest BCUT2D eigenvalue weighted by Gasteiger charge is 2.30.